The average molecular weight is 387 g/mol. The van der Waals surface area contributed by atoms with Crippen molar-refractivity contribution < 1.29 is 4.52 Å². The smallest absolute Gasteiger partial charge is 0.232 e. The van der Waals surface area contributed by atoms with E-state index in [0.717, 1.165) is 59.9 Å². The lowest BCUT2D eigenvalue weighted by molar-refractivity contribution is 0.383. The van der Waals surface area contributed by atoms with Crippen LogP contribution in [0.3, 0.4) is 0 Å². The van der Waals surface area contributed by atoms with Crippen molar-refractivity contribution in [1.82, 2.24) is 15.4 Å². The molecule has 1 aromatic carbocycles. The van der Waals surface area contributed by atoms with Gasteiger partial charge in [-0.3, -0.25) is 0 Å². The minimum Gasteiger partial charge on any atom is -0.363 e. The number of nitrogens with zero attached hydrogens (tertiary/aromatic N) is 3. The zero-order chi connectivity index (χ0) is 19.2. The molecule has 1 aliphatic carbocycles. The summed E-state index contributed by atoms with van der Waals surface area (Å²) in [5.74, 6) is 1.61. The average Bonchev–Trinajstić information content (AvgIpc) is 3.42. The normalized spacial score (nSPS) is 13.4. The van der Waals surface area contributed by atoms with Crippen LogP contribution in [0.15, 0.2) is 34.9 Å². The first-order valence-electron chi connectivity index (χ1n) is 9.99. The SMILES string of the molecule is CCNC(=S)N(Cc1c(-c2ccccc2)noc1N(CC)CC)CC1CC1. The van der Waals surface area contributed by atoms with Crippen molar-refractivity contribution in [3.05, 3.63) is 35.9 Å². The number of benzene rings is 1. The van der Waals surface area contributed by atoms with Crippen LogP contribution in [0.1, 0.15) is 39.2 Å². The molecule has 0 unspecified atom stereocenters. The van der Waals surface area contributed by atoms with Gasteiger partial charge in [0.15, 0.2) is 5.11 Å². The molecule has 1 heterocycles. The highest BCUT2D eigenvalue weighted by atomic mass is 32.1. The minimum absolute atomic E-state index is 0.710. The van der Waals surface area contributed by atoms with E-state index in [9.17, 15) is 0 Å². The second-order valence-corrected chi connectivity index (χ2v) is 7.40. The molecule has 0 bridgehead atoms. The largest absolute Gasteiger partial charge is 0.363 e. The molecule has 0 amide bonds. The first kappa shape index (κ1) is 19.7. The van der Waals surface area contributed by atoms with E-state index in [0.29, 0.717) is 6.54 Å². The van der Waals surface area contributed by atoms with Crippen LogP contribution in [-0.4, -0.2) is 41.3 Å². The molecule has 2 aromatic rings. The van der Waals surface area contributed by atoms with Crippen LogP contribution in [0.5, 0.6) is 0 Å². The number of aromatic nitrogens is 1. The molecule has 146 valence electrons. The molecule has 1 aliphatic rings. The Bertz CT molecular complexity index is 738. The molecule has 1 fully saturated rings. The van der Waals surface area contributed by atoms with Gasteiger partial charge in [-0.2, -0.15) is 0 Å². The molecule has 0 atom stereocenters. The van der Waals surface area contributed by atoms with Crippen LogP contribution in [0.4, 0.5) is 5.88 Å². The van der Waals surface area contributed by atoms with Gasteiger partial charge >= 0.3 is 0 Å². The van der Waals surface area contributed by atoms with Crippen molar-refractivity contribution in [3.63, 3.8) is 0 Å². The van der Waals surface area contributed by atoms with Crippen LogP contribution >= 0.6 is 12.2 Å². The summed E-state index contributed by atoms with van der Waals surface area (Å²) in [4.78, 5) is 4.50. The lowest BCUT2D eigenvalue weighted by Gasteiger charge is -2.27. The Kier molecular flexibility index (Phi) is 6.72. The predicted molar refractivity (Wildman–Crippen MR) is 115 cm³/mol. The predicted octanol–water partition coefficient (Wildman–Crippen LogP) is 4.29. The van der Waals surface area contributed by atoms with Gasteiger partial charge in [-0.05, 0) is 51.7 Å². The zero-order valence-electron chi connectivity index (χ0n) is 16.6. The van der Waals surface area contributed by atoms with Gasteiger partial charge in [-0.1, -0.05) is 35.5 Å². The molecule has 1 aromatic heterocycles. The van der Waals surface area contributed by atoms with E-state index in [1.54, 1.807) is 0 Å². The van der Waals surface area contributed by atoms with E-state index < -0.39 is 0 Å². The number of hydrogen-bond donors (Lipinski definition) is 1. The van der Waals surface area contributed by atoms with Gasteiger partial charge in [0.25, 0.3) is 0 Å². The summed E-state index contributed by atoms with van der Waals surface area (Å²) >= 11 is 5.67. The van der Waals surface area contributed by atoms with E-state index in [-0.39, 0.29) is 0 Å². The van der Waals surface area contributed by atoms with Crippen molar-refractivity contribution in [1.29, 1.82) is 0 Å². The van der Waals surface area contributed by atoms with Crippen LogP contribution in [0.25, 0.3) is 11.3 Å². The Hall–Kier alpha value is -2.08. The second-order valence-electron chi connectivity index (χ2n) is 7.01. The van der Waals surface area contributed by atoms with Gasteiger partial charge in [-0.15, -0.1) is 0 Å². The molecule has 0 radical (unpaired) electrons. The summed E-state index contributed by atoms with van der Waals surface area (Å²) in [6, 6.07) is 10.3. The first-order valence-corrected chi connectivity index (χ1v) is 10.4. The molecule has 0 spiro atoms. The van der Waals surface area contributed by atoms with Crippen molar-refractivity contribution >= 4 is 23.2 Å². The number of hydrogen-bond acceptors (Lipinski definition) is 4. The second kappa shape index (κ2) is 9.22. The third-order valence-electron chi connectivity index (χ3n) is 5.00. The molecule has 0 saturated heterocycles. The standard InChI is InChI=1S/C21H30N4OS/c1-4-22-21(27)25(14-16-12-13-16)15-18-19(17-10-8-7-9-11-17)23-26-20(18)24(5-2)6-3/h7-11,16H,4-6,12-15H2,1-3H3,(H,22,27). The molecule has 27 heavy (non-hydrogen) atoms. The van der Waals surface area contributed by atoms with Gasteiger partial charge in [0.05, 0.1) is 12.1 Å². The quantitative estimate of drug-likeness (QED) is 0.649. The zero-order valence-corrected chi connectivity index (χ0v) is 17.4. The molecule has 1 saturated carbocycles. The molecule has 6 heteroatoms. The Morgan fingerprint density at radius 3 is 2.48 bits per heavy atom. The van der Waals surface area contributed by atoms with E-state index in [4.69, 9.17) is 16.7 Å². The van der Waals surface area contributed by atoms with Crippen LogP contribution < -0.4 is 10.2 Å². The number of anilines is 1. The summed E-state index contributed by atoms with van der Waals surface area (Å²) in [6.07, 6.45) is 2.59. The Balaban J connectivity index is 1.96. The lowest BCUT2D eigenvalue weighted by Crippen LogP contribution is -2.40. The highest BCUT2D eigenvalue weighted by Crippen LogP contribution is 2.34. The van der Waals surface area contributed by atoms with Crippen LogP contribution in [0.2, 0.25) is 0 Å². The highest BCUT2D eigenvalue weighted by molar-refractivity contribution is 7.80. The molecule has 0 aliphatic heterocycles. The monoisotopic (exact) mass is 386 g/mol. The molecular formula is C21H30N4OS. The van der Waals surface area contributed by atoms with E-state index in [2.05, 4.69) is 53.2 Å². The summed E-state index contributed by atoms with van der Waals surface area (Å²) in [7, 11) is 0. The number of rotatable bonds is 9. The van der Waals surface area contributed by atoms with Gasteiger partial charge in [-0.25, -0.2) is 0 Å². The van der Waals surface area contributed by atoms with E-state index >= 15 is 0 Å². The van der Waals surface area contributed by atoms with Gasteiger partial charge < -0.3 is 19.6 Å². The summed E-state index contributed by atoms with van der Waals surface area (Å²) in [6.45, 7) is 10.7. The van der Waals surface area contributed by atoms with Gasteiger partial charge in [0, 0.05) is 31.7 Å². The maximum absolute atomic E-state index is 5.84. The topological polar surface area (TPSA) is 44.5 Å². The van der Waals surface area contributed by atoms with Crippen LogP contribution in [-0.2, 0) is 6.54 Å². The van der Waals surface area contributed by atoms with E-state index in [1.165, 1.54) is 12.8 Å². The maximum Gasteiger partial charge on any atom is 0.232 e. The van der Waals surface area contributed by atoms with Crippen molar-refractivity contribution in [3.8, 4) is 11.3 Å². The van der Waals surface area contributed by atoms with Crippen molar-refractivity contribution in [2.24, 2.45) is 5.92 Å². The Labute approximate surface area is 167 Å². The third kappa shape index (κ3) is 4.80. The van der Waals surface area contributed by atoms with Gasteiger partial charge in [0.1, 0.15) is 5.69 Å². The maximum atomic E-state index is 5.84. The Morgan fingerprint density at radius 2 is 1.89 bits per heavy atom. The molecule has 1 N–H and O–H groups in total. The third-order valence-corrected chi connectivity index (χ3v) is 5.41. The molecule has 3 rings (SSSR count). The minimum atomic E-state index is 0.710. The van der Waals surface area contributed by atoms with Crippen molar-refractivity contribution in [2.45, 2.75) is 40.2 Å². The summed E-state index contributed by atoms with van der Waals surface area (Å²) < 4.78 is 5.84. The summed E-state index contributed by atoms with van der Waals surface area (Å²) in [5.41, 5.74) is 3.11. The molecular weight excluding hydrogens is 356 g/mol. The Morgan fingerprint density at radius 1 is 1.19 bits per heavy atom. The first-order chi connectivity index (χ1) is 13.2. The number of nitrogens with one attached hydrogen (secondary N) is 1. The summed E-state index contributed by atoms with van der Waals surface area (Å²) in [5, 5.41) is 8.58. The van der Waals surface area contributed by atoms with Crippen LogP contribution in [0, 0.1) is 5.92 Å². The van der Waals surface area contributed by atoms with Gasteiger partial charge in [0.2, 0.25) is 5.88 Å². The molecule has 5 nitrogen and oxygen atoms in total. The van der Waals surface area contributed by atoms with E-state index in [1.807, 2.05) is 18.2 Å². The fraction of sp³-hybridized carbons (Fsp3) is 0.524. The van der Waals surface area contributed by atoms with Crippen molar-refractivity contribution in [2.75, 3.05) is 31.1 Å². The fourth-order valence-corrected chi connectivity index (χ4v) is 3.59. The lowest BCUT2D eigenvalue weighted by atomic mass is 10.1. The fourth-order valence-electron chi connectivity index (χ4n) is 3.31. The number of thiocarbonyl (C=S) groups is 1. The highest BCUT2D eigenvalue weighted by Gasteiger charge is 2.29.